The van der Waals surface area contributed by atoms with E-state index in [9.17, 15) is 0 Å². The molecule has 0 atom stereocenters. The number of rotatable bonds is 4. The molecule has 0 bridgehead atoms. The Morgan fingerprint density at radius 2 is 2.23 bits per heavy atom. The van der Waals surface area contributed by atoms with Crippen LogP contribution in [0.4, 0.5) is 0 Å². The third kappa shape index (κ3) is 3.12. The van der Waals surface area contributed by atoms with Gasteiger partial charge in [0.05, 0.1) is 6.61 Å². The van der Waals surface area contributed by atoms with E-state index >= 15 is 0 Å². The highest BCUT2D eigenvalue weighted by Gasteiger charge is 2.02. The average Bonchev–Trinajstić information content (AvgIpc) is 2.10. The lowest BCUT2D eigenvalue weighted by molar-refractivity contribution is 0.337. The van der Waals surface area contributed by atoms with Crippen LogP contribution in [0.15, 0.2) is 18.2 Å². The Labute approximate surface area is 89.5 Å². The molecule has 1 aromatic rings. The van der Waals surface area contributed by atoms with Gasteiger partial charge in [0.2, 0.25) is 0 Å². The van der Waals surface area contributed by atoms with E-state index in [0.717, 1.165) is 28.5 Å². The van der Waals surface area contributed by atoms with Crippen molar-refractivity contribution in [3.05, 3.63) is 28.8 Å². The average molecular weight is 217 g/mol. The number of ether oxygens (including phenoxy) is 1. The second kappa shape index (κ2) is 5.40. The Hall–Kier alpha value is -0.340. The normalized spacial score (nSPS) is 10.1. The van der Waals surface area contributed by atoms with Crippen molar-refractivity contribution in [2.45, 2.75) is 13.3 Å². The molecule has 0 aromatic heterocycles. The van der Waals surface area contributed by atoms with Crippen LogP contribution in [0.1, 0.15) is 12.5 Å². The minimum Gasteiger partial charge on any atom is -0.494 e. The molecule has 0 saturated heterocycles. The standard InChI is InChI=1S/C10H13ClOS/c1-2-12-10-4-3-9(11)7-8(10)5-6-13/h3-4,7,13H,2,5-6H2,1H3. The molecule has 0 aliphatic heterocycles. The number of benzene rings is 1. The maximum Gasteiger partial charge on any atom is 0.122 e. The molecule has 1 nitrogen and oxygen atoms in total. The summed E-state index contributed by atoms with van der Waals surface area (Å²) in [7, 11) is 0. The summed E-state index contributed by atoms with van der Waals surface area (Å²) in [6.07, 6.45) is 0.888. The largest absolute Gasteiger partial charge is 0.494 e. The Bertz CT molecular complexity index is 276. The zero-order valence-electron chi connectivity index (χ0n) is 7.59. The summed E-state index contributed by atoms with van der Waals surface area (Å²) >= 11 is 10.1. The second-order valence-corrected chi connectivity index (χ2v) is 3.54. The molecule has 0 heterocycles. The van der Waals surface area contributed by atoms with E-state index in [1.54, 1.807) is 0 Å². The first-order chi connectivity index (χ1) is 6.27. The van der Waals surface area contributed by atoms with E-state index in [-0.39, 0.29) is 0 Å². The lowest BCUT2D eigenvalue weighted by atomic mass is 10.1. The summed E-state index contributed by atoms with van der Waals surface area (Å²) in [5, 5.41) is 0.750. The minimum atomic E-state index is 0.682. The Morgan fingerprint density at radius 1 is 1.46 bits per heavy atom. The van der Waals surface area contributed by atoms with Gasteiger partial charge in [0.15, 0.2) is 0 Å². The molecule has 0 unspecified atom stereocenters. The molecule has 0 aliphatic carbocycles. The molecule has 0 aliphatic rings. The molecular weight excluding hydrogens is 204 g/mol. The third-order valence-corrected chi connectivity index (χ3v) is 2.16. The molecule has 72 valence electrons. The molecule has 0 saturated carbocycles. The van der Waals surface area contributed by atoms with Crippen LogP contribution in [0.5, 0.6) is 5.75 Å². The van der Waals surface area contributed by atoms with Crippen LogP contribution in [0.3, 0.4) is 0 Å². The molecule has 0 fully saturated rings. The van der Waals surface area contributed by atoms with Crippen molar-refractivity contribution in [3.8, 4) is 5.75 Å². The van der Waals surface area contributed by atoms with Crippen LogP contribution in [0.25, 0.3) is 0 Å². The molecule has 0 amide bonds. The first kappa shape index (κ1) is 10.7. The van der Waals surface area contributed by atoms with Gasteiger partial charge in [-0.3, -0.25) is 0 Å². The summed E-state index contributed by atoms with van der Waals surface area (Å²) in [5.74, 6) is 1.72. The highest BCUT2D eigenvalue weighted by molar-refractivity contribution is 7.80. The van der Waals surface area contributed by atoms with Crippen molar-refractivity contribution in [2.24, 2.45) is 0 Å². The Kier molecular flexibility index (Phi) is 4.46. The number of thiol groups is 1. The highest BCUT2D eigenvalue weighted by atomic mass is 35.5. The predicted molar refractivity (Wildman–Crippen MR) is 60.2 cm³/mol. The molecule has 0 radical (unpaired) electrons. The zero-order valence-corrected chi connectivity index (χ0v) is 9.24. The number of hydrogen-bond donors (Lipinski definition) is 1. The molecule has 0 spiro atoms. The van der Waals surface area contributed by atoms with Crippen molar-refractivity contribution < 1.29 is 4.74 Å². The topological polar surface area (TPSA) is 9.23 Å². The van der Waals surface area contributed by atoms with E-state index in [4.69, 9.17) is 16.3 Å². The van der Waals surface area contributed by atoms with E-state index in [0.29, 0.717) is 6.61 Å². The van der Waals surface area contributed by atoms with Gasteiger partial charge in [-0.2, -0.15) is 12.6 Å². The van der Waals surface area contributed by atoms with E-state index < -0.39 is 0 Å². The maximum absolute atomic E-state index is 5.87. The third-order valence-electron chi connectivity index (χ3n) is 1.70. The molecule has 3 heteroatoms. The molecule has 1 rings (SSSR count). The smallest absolute Gasteiger partial charge is 0.122 e. The summed E-state index contributed by atoms with van der Waals surface area (Å²) < 4.78 is 5.45. The number of hydrogen-bond acceptors (Lipinski definition) is 2. The van der Waals surface area contributed by atoms with Crippen LogP contribution in [0.2, 0.25) is 5.02 Å². The Balaban J connectivity index is 2.89. The van der Waals surface area contributed by atoms with Gasteiger partial charge >= 0.3 is 0 Å². The van der Waals surface area contributed by atoms with Crippen LogP contribution in [-0.2, 0) is 6.42 Å². The summed E-state index contributed by atoms with van der Waals surface area (Å²) in [5.41, 5.74) is 1.13. The van der Waals surface area contributed by atoms with Gasteiger partial charge in [0, 0.05) is 5.02 Å². The van der Waals surface area contributed by atoms with Crippen LogP contribution in [0, 0.1) is 0 Å². The SMILES string of the molecule is CCOc1ccc(Cl)cc1CCS. The zero-order chi connectivity index (χ0) is 9.68. The number of halogens is 1. The fourth-order valence-electron chi connectivity index (χ4n) is 1.16. The quantitative estimate of drug-likeness (QED) is 0.761. The van der Waals surface area contributed by atoms with Crippen molar-refractivity contribution in [1.29, 1.82) is 0 Å². The molecule has 0 N–H and O–H groups in total. The number of aryl methyl sites for hydroxylation is 1. The maximum atomic E-state index is 5.87. The molecule has 1 aromatic carbocycles. The van der Waals surface area contributed by atoms with Gasteiger partial charge in [-0.1, -0.05) is 11.6 Å². The van der Waals surface area contributed by atoms with Gasteiger partial charge in [0.1, 0.15) is 5.75 Å². The summed E-state index contributed by atoms with van der Waals surface area (Å²) in [6, 6.07) is 5.68. The van der Waals surface area contributed by atoms with Crippen molar-refractivity contribution in [2.75, 3.05) is 12.4 Å². The van der Waals surface area contributed by atoms with Crippen molar-refractivity contribution in [3.63, 3.8) is 0 Å². The van der Waals surface area contributed by atoms with Crippen molar-refractivity contribution in [1.82, 2.24) is 0 Å². The molecule has 13 heavy (non-hydrogen) atoms. The van der Waals surface area contributed by atoms with Gasteiger partial charge in [-0.25, -0.2) is 0 Å². The van der Waals surface area contributed by atoms with Crippen LogP contribution >= 0.6 is 24.2 Å². The lowest BCUT2D eigenvalue weighted by Crippen LogP contribution is -1.97. The van der Waals surface area contributed by atoms with E-state index in [1.807, 2.05) is 25.1 Å². The second-order valence-electron chi connectivity index (χ2n) is 2.66. The van der Waals surface area contributed by atoms with Gasteiger partial charge in [0.25, 0.3) is 0 Å². The minimum absolute atomic E-state index is 0.682. The predicted octanol–water partition coefficient (Wildman–Crippen LogP) is 3.21. The van der Waals surface area contributed by atoms with Crippen LogP contribution in [-0.4, -0.2) is 12.4 Å². The van der Waals surface area contributed by atoms with Gasteiger partial charge < -0.3 is 4.74 Å². The first-order valence-electron chi connectivity index (χ1n) is 4.30. The Morgan fingerprint density at radius 3 is 2.85 bits per heavy atom. The van der Waals surface area contributed by atoms with Crippen molar-refractivity contribution >= 4 is 24.2 Å². The monoisotopic (exact) mass is 216 g/mol. The van der Waals surface area contributed by atoms with Crippen LogP contribution < -0.4 is 4.74 Å². The van der Waals surface area contributed by atoms with Gasteiger partial charge in [-0.15, -0.1) is 0 Å². The van der Waals surface area contributed by atoms with E-state index in [1.165, 1.54) is 0 Å². The molecular formula is C10H13ClOS. The highest BCUT2D eigenvalue weighted by Crippen LogP contribution is 2.23. The van der Waals surface area contributed by atoms with Gasteiger partial charge in [-0.05, 0) is 42.9 Å². The fourth-order valence-corrected chi connectivity index (χ4v) is 1.60. The fraction of sp³-hybridized carbons (Fsp3) is 0.400. The summed E-state index contributed by atoms with van der Waals surface area (Å²) in [4.78, 5) is 0. The first-order valence-corrected chi connectivity index (χ1v) is 5.31. The summed E-state index contributed by atoms with van der Waals surface area (Å²) in [6.45, 7) is 2.65. The lowest BCUT2D eigenvalue weighted by Gasteiger charge is -2.09. The van der Waals surface area contributed by atoms with E-state index in [2.05, 4.69) is 12.6 Å².